The Balaban J connectivity index is 1.51. The van der Waals surface area contributed by atoms with Gasteiger partial charge in [0.05, 0.1) is 23.7 Å². The van der Waals surface area contributed by atoms with Gasteiger partial charge in [0.25, 0.3) is 5.91 Å². The number of furan rings is 1. The van der Waals surface area contributed by atoms with E-state index in [1.807, 2.05) is 37.3 Å². The Morgan fingerprint density at radius 3 is 2.54 bits per heavy atom. The van der Waals surface area contributed by atoms with Crippen LogP contribution in [-0.2, 0) is 9.59 Å². The number of carbonyl (C=O) groups excluding carboxylic acids is 2. The standard InChI is InChI=1S/C25H21F2N3O4S/c1-16(17-6-3-2-4-7-17)28-22(31)15-35-25-29-21(14-20-8-5-13-33-20)23(32)30(25)18-9-11-19(12-10-18)34-24(26)27/h2-14,16,24H,15H2,1H3,(H,28,31)/b21-14+/t16-/m0/s1. The third-order valence-corrected chi connectivity index (χ3v) is 5.92. The highest BCUT2D eigenvalue weighted by atomic mass is 32.2. The third kappa shape index (κ3) is 6.15. The van der Waals surface area contributed by atoms with Crippen molar-refractivity contribution in [3.05, 3.63) is 90.0 Å². The molecular weight excluding hydrogens is 476 g/mol. The molecule has 10 heteroatoms. The largest absolute Gasteiger partial charge is 0.465 e. The minimum atomic E-state index is -2.96. The van der Waals surface area contributed by atoms with Crippen LogP contribution in [0.15, 0.2) is 88.1 Å². The number of hydrogen-bond donors (Lipinski definition) is 1. The van der Waals surface area contributed by atoms with E-state index in [9.17, 15) is 18.4 Å². The van der Waals surface area contributed by atoms with Gasteiger partial charge in [-0.2, -0.15) is 8.78 Å². The molecule has 0 radical (unpaired) electrons. The van der Waals surface area contributed by atoms with Crippen LogP contribution in [0.3, 0.4) is 0 Å². The summed E-state index contributed by atoms with van der Waals surface area (Å²) >= 11 is 1.09. The van der Waals surface area contributed by atoms with Crippen molar-refractivity contribution in [3.63, 3.8) is 0 Å². The Labute approximate surface area is 204 Å². The van der Waals surface area contributed by atoms with Crippen molar-refractivity contribution in [3.8, 4) is 5.75 Å². The van der Waals surface area contributed by atoms with E-state index in [-0.39, 0.29) is 34.3 Å². The topological polar surface area (TPSA) is 84.1 Å². The molecule has 7 nitrogen and oxygen atoms in total. The van der Waals surface area contributed by atoms with Crippen LogP contribution in [-0.4, -0.2) is 29.3 Å². The molecule has 1 aromatic heterocycles. The monoisotopic (exact) mass is 497 g/mol. The molecule has 4 rings (SSSR count). The molecule has 2 heterocycles. The van der Waals surface area contributed by atoms with E-state index in [1.165, 1.54) is 41.5 Å². The van der Waals surface area contributed by atoms with Crippen molar-refractivity contribution in [2.75, 3.05) is 10.7 Å². The number of alkyl halides is 2. The van der Waals surface area contributed by atoms with E-state index >= 15 is 0 Å². The lowest BCUT2D eigenvalue weighted by Crippen LogP contribution is -2.33. The van der Waals surface area contributed by atoms with Gasteiger partial charge in [0.2, 0.25) is 5.91 Å². The number of hydrogen-bond acceptors (Lipinski definition) is 6. The molecule has 0 aliphatic carbocycles. The SMILES string of the molecule is C[C@H](NC(=O)CSC1=N/C(=C/c2ccco2)C(=O)N1c1ccc(OC(F)F)cc1)c1ccccc1. The molecule has 2 amide bonds. The molecule has 0 saturated carbocycles. The van der Waals surface area contributed by atoms with Gasteiger partial charge in [-0.05, 0) is 48.9 Å². The Morgan fingerprint density at radius 2 is 1.89 bits per heavy atom. The summed E-state index contributed by atoms with van der Waals surface area (Å²) in [6, 6.07) is 18.3. The number of aliphatic imine (C=N–C) groups is 1. The number of amidine groups is 1. The van der Waals surface area contributed by atoms with Gasteiger partial charge in [-0.15, -0.1) is 0 Å². The summed E-state index contributed by atoms with van der Waals surface area (Å²) in [6.45, 7) is -1.07. The Bertz CT molecular complexity index is 1230. The van der Waals surface area contributed by atoms with Crippen LogP contribution < -0.4 is 15.0 Å². The van der Waals surface area contributed by atoms with Gasteiger partial charge >= 0.3 is 6.61 Å². The van der Waals surface area contributed by atoms with Gasteiger partial charge in [-0.3, -0.25) is 14.5 Å². The zero-order valence-corrected chi connectivity index (χ0v) is 19.4. The highest BCUT2D eigenvalue weighted by molar-refractivity contribution is 8.14. The first-order chi connectivity index (χ1) is 16.9. The second-order valence-electron chi connectivity index (χ2n) is 7.44. The third-order valence-electron chi connectivity index (χ3n) is 4.98. The molecule has 0 unspecified atom stereocenters. The summed E-state index contributed by atoms with van der Waals surface area (Å²) in [5, 5.41) is 3.20. The van der Waals surface area contributed by atoms with Gasteiger partial charge < -0.3 is 14.5 Å². The van der Waals surface area contributed by atoms with Gasteiger partial charge in [0, 0.05) is 6.08 Å². The first-order valence-corrected chi connectivity index (χ1v) is 11.6. The molecule has 3 aromatic rings. The van der Waals surface area contributed by atoms with Crippen molar-refractivity contribution < 1.29 is 27.5 Å². The van der Waals surface area contributed by atoms with Crippen molar-refractivity contribution in [1.29, 1.82) is 0 Å². The zero-order valence-electron chi connectivity index (χ0n) is 18.6. The van der Waals surface area contributed by atoms with E-state index < -0.39 is 12.5 Å². The summed E-state index contributed by atoms with van der Waals surface area (Å²) in [5.74, 6) is -0.254. The fourth-order valence-electron chi connectivity index (χ4n) is 3.34. The predicted octanol–water partition coefficient (Wildman–Crippen LogP) is 5.24. The van der Waals surface area contributed by atoms with Crippen LogP contribution >= 0.6 is 11.8 Å². The molecule has 0 bridgehead atoms. The van der Waals surface area contributed by atoms with Crippen LogP contribution in [0.4, 0.5) is 14.5 Å². The molecular formula is C25H21F2N3O4S. The van der Waals surface area contributed by atoms with E-state index in [2.05, 4.69) is 15.0 Å². The van der Waals surface area contributed by atoms with Gasteiger partial charge in [-0.1, -0.05) is 42.1 Å². The first kappa shape index (κ1) is 24.2. The number of benzene rings is 2. The predicted molar refractivity (Wildman–Crippen MR) is 130 cm³/mol. The number of nitrogens with zero attached hydrogens (tertiary/aromatic N) is 2. The molecule has 35 heavy (non-hydrogen) atoms. The number of thioether (sulfide) groups is 1. The van der Waals surface area contributed by atoms with Crippen molar-refractivity contribution in [1.82, 2.24) is 5.32 Å². The molecule has 0 saturated heterocycles. The number of carbonyl (C=O) groups is 2. The van der Waals surface area contributed by atoms with Crippen LogP contribution in [0.5, 0.6) is 5.75 Å². The number of ether oxygens (including phenoxy) is 1. The number of nitrogens with one attached hydrogen (secondary N) is 1. The number of halogens is 2. The molecule has 0 fully saturated rings. The van der Waals surface area contributed by atoms with Gasteiger partial charge in [0.15, 0.2) is 5.17 Å². The first-order valence-electron chi connectivity index (χ1n) is 10.6. The van der Waals surface area contributed by atoms with Gasteiger partial charge in [-0.25, -0.2) is 4.99 Å². The van der Waals surface area contributed by atoms with Crippen LogP contribution in [0, 0.1) is 0 Å². The van der Waals surface area contributed by atoms with Crippen LogP contribution in [0.1, 0.15) is 24.3 Å². The summed E-state index contributed by atoms with van der Waals surface area (Å²) < 4.78 is 34.6. The average Bonchev–Trinajstić information content (AvgIpc) is 3.47. The number of amides is 2. The fourth-order valence-corrected chi connectivity index (χ4v) is 4.17. The van der Waals surface area contributed by atoms with Crippen molar-refractivity contribution in [2.45, 2.75) is 19.6 Å². The highest BCUT2D eigenvalue weighted by Crippen LogP contribution is 2.31. The lowest BCUT2D eigenvalue weighted by Gasteiger charge is -2.19. The molecule has 1 aliphatic heterocycles. The maximum absolute atomic E-state index is 13.1. The molecule has 1 aliphatic rings. The minimum Gasteiger partial charge on any atom is -0.465 e. The molecule has 180 valence electrons. The Hall–Kier alpha value is -3.92. The smallest absolute Gasteiger partial charge is 0.387 e. The minimum absolute atomic E-state index is 0.0143. The van der Waals surface area contributed by atoms with Crippen LogP contribution in [0.25, 0.3) is 6.08 Å². The zero-order chi connectivity index (χ0) is 24.8. The maximum Gasteiger partial charge on any atom is 0.387 e. The van der Waals surface area contributed by atoms with Crippen molar-refractivity contribution in [2.24, 2.45) is 4.99 Å². The lowest BCUT2D eigenvalue weighted by molar-refractivity contribution is -0.119. The van der Waals surface area contributed by atoms with E-state index in [0.29, 0.717) is 11.4 Å². The van der Waals surface area contributed by atoms with Crippen LogP contribution in [0.2, 0.25) is 0 Å². The van der Waals surface area contributed by atoms with E-state index in [4.69, 9.17) is 4.42 Å². The Kier molecular flexibility index (Phi) is 7.61. The second kappa shape index (κ2) is 11.0. The summed E-state index contributed by atoms with van der Waals surface area (Å²) in [4.78, 5) is 31.5. The maximum atomic E-state index is 13.1. The van der Waals surface area contributed by atoms with Gasteiger partial charge in [0.1, 0.15) is 17.2 Å². The fraction of sp³-hybridized carbons (Fsp3) is 0.160. The molecule has 1 atom stereocenters. The highest BCUT2D eigenvalue weighted by Gasteiger charge is 2.32. The van der Waals surface area contributed by atoms with E-state index in [1.54, 1.807) is 12.1 Å². The van der Waals surface area contributed by atoms with E-state index in [0.717, 1.165) is 17.3 Å². The average molecular weight is 498 g/mol. The summed E-state index contributed by atoms with van der Waals surface area (Å²) in [7, 11) is 0. The second-order valence-corrected chi connectivity index (χ2v) is 8.38. The Morgan fingerprint density at radius 1 is 1.14 bits per heavy atom. The van der Waals surface area contributed by atoms with Crippen molar-refractivity contribution >= 4 is 40.5 Å². The summed E-state index contributed by atoms with van der Waals surface area (Å²) in [5.41, 5.74) is 1.48. The number of anilines is 1. The normalized spacial score (nSPS) is 15.4. The quantitative estimate of drug-likeness (QED) is 0.431. The number of rotatable bonds is 8. The molecule has 1 N–H and O–H groups in total. The molecule has 0 spiro atoms. The molecule has 2 aromatic carbocycles. The lowest BCUT2D eigenvalue weighted by atomic mass is 10.1. The summed E-state index contributed by atoms with van der Waals surface area (Å²) in [6.07, 6.45) is 2.97.